The van der Waals surface area contributed by atoms with Crippen molar-refractivity contribution in [3.05, 3.63) is 29.6 Å². The lowest BCUT2D eigenvalue weighted by atomic mass is 9.93. The summed E-state index contributed by atoms with van der Waals surface area (Å²) in [5, 5.41) is 2.93. The van der Waals surface area contributed by atoms with E-state index in [1.165, 1.54) is 17.0 Å². The smallest absolute Gasteiger partial charge is 0.442 e. The van der Waals surface area contributed by atoms with Crippen LogP contribution in [0.15, 0.2) is 18.2 Å². The van der Waals surface area contributed by atoms with Crippen molar-refractivity contribution in [1.29, 1.82) is 0 Å². The Balaban J connectivity index is 0.00000441. The van der Waals surface area contributed by atoms with Gasteiger partial charge in [0, 0.05) is 6.92 Å². The van der Waals surface area contributed by atoms with Gasteiger partial charge in [-0.2, -0.15) is 0 Å². The maximum Gasteiger partial charge on any atom is 0.512 e. The Bertz CT molecular complexity index is 1210. The van der Waals surface area contributed by atoms with Gasteiger partial charge >= 0.3 is 18.3 Å². The molecule has 1 aromatic carbocycles. The molecule has 13 nitrogen and oxygen atoms in total. The van der Waals surface area contributed by atoms with Gasteiger partial charge in [-0.1, -0.05) is 6.07 Å². The lowest BCUT2D eigenvalue weighted by Gasteiger charge is -2.23. The quantitative estimate of drug-likeness (QED) is 0.276. The second kappa shape index (κ2) is 13.5. The van der Waals surface area contributed by atoms with E-state index in [0.29, 0.717) is 36.3 Å². The number of cyclic esters (lactones) is 1. The van der Waals surface area contributed by atoms with Gasteiger partial charge in [-0.05, 0) is 55.8 Å². The first-order chi connectivity index (χ1) is 18.5. The van der Waals surface area contributed by atoms with E-state index < -0.39 is 59.0 Å². The minimum absolute atomic E-state index is 0. The summed E-state index contributed by atoms with van der Waals surface area (Å²) < 4.78 is 58.0. The van der Waals surface area contributed by atoms with Crippen LogP contribution in [0.3, 0.4) is 0 Å². The number of amides is 3. The Morgan fingerprint density at radius 1 is 1.18 bits per heavy atom. The maximum absolute atomic E-state index is 14.9. The van der Waals surface area contributed by atoms with E-state index in [9.17, 15) is 32.0 Å². The molecule has 3 saturated heterocycles. The number of halogens is 2. The standard InChI is InChI=1S/C24H30FN3O10S.ClH/c1-15(29)27(22(30)35-14-36-24(32)38-21-3-2-8-26-21)12-18-13-28(23(31)37-18)17-4-5-19(20(25)11-17)16-6-9-39(33,34)10-7-16;/h4-5,11,16,18,21,26H,2-3,6-10,12-14H2,1H3;1H/t18-,21-;/m0./s1. The molecule has 0 saturated carbocycles. The third-order valence-electron chi connectivity index (χ3n) is 6.76. The first-order valence-corrected chi connectivity index (χ1v) is 14.3. The lowest BCUT2D eigenvalue weighted by molar-refractivity contribution is -0.129. The van der Waals surface area contributed by atoms with Crippen LogP contribution in [-0.2, 0) is 33.6 Å². The molecule has 222 valence electrons. The Kier molecular flexibility index (Phi) is 10.6. The van der Waals surface area contributed by atoms with Crippen molar-refractivity contribution >= 4 is 52.2 Å². The molecule has 1 aromatic rings. The van der Waals surface area contributed by atoms with E-state index in [1.54, 1.807) is 6.07 Å². The molecule has 3 heterocycles. The largest absolute Gasteiger partial charge is 0.512 e. The zero-order valence-corrected chi connectivity index (χ0v) is 23.3. The maximum atomic E-state index is 14.9. The average molecular weight is 608 g/mol. The molecule has 0 bridgehead atoms. The number of nitrogens with zero attached hydrogens (tertiary/aromatic N) is 2. The van der Waals surface area contributed by atoms with Gasteiger partial charge in [-0.3, -0.25) is 15.0 Å². The molecule has 40 heavy (non-hydrogen) atoms. The molecule has 0 aromatic heterocycles. The molecule has 0 unspecified atom stereocenters. The highest BCUT2D eigenvalue weighted by molar-refractivity contribution is 7.91. The van der Waals surface area contributed by atoms with E-state index in [2.05, 4.69) is 5.32 Å². The van der Waals surface area contributed by atoms with Crippen LogP contribution in [0.2, 0.25) is 0 Å². The number of ether oxygens (including phenoxy) is 4. The van der Waals surface area contributed by atoms with Gasteiger partial charge < -0.3 is 18.9 Å². The van der Waals surface area contributed by atoms with Crippen molar-refractivity contribution in [3.8, 4) is 0 Å². The Labute approximate surface area is 236 Å². The summed E-state index contributed by atoms with van der Waals surface area (Å²) in [7, 11) is -3.09. The van der Waals surface area contributed by atoms with Gasteiger partial charge in [0.05, 0.1) is 30.3 Å². The molecule has 2 atom stereocenters. The number of hydrogen-bond acceptors (Lipinski definition) is 11. The highest BCUT2D eigenvalue weighted by atomic mass is 35.5. The summed E-state index contributed by atoms with van der Waals surface area (Å²) in [6.07, 6.45) is -2.22. The monoisotopic (exact) mass is 607 g/mol. The molecule has 0 radical (unpaired) electrons. The van der Waals surface area contributed by atoms with Crippen LogP contribution in [0.5, 0.6) is 0 Å². The van der Waals surface area contributed by atoms with Crippen LogP contribution < -0.4 is 10.2 Å². The van der Waals surface area contributed by atoms with Crippen molar-refractivity contribution < 1.29 is 50.9 Å². The molecule has 0 aliphatic carbocycles. The van der Waals surface area contributed by atoms with Crippen LogP contribution in [0.1, 0.15) is 44.1 Å². The minimum atomic E-state index is -3.09. The number of rotatable bonds is 7. The van der Waals surface area contributed by atoms with Gasteiger partial charge in [0.2, 0.25) is 12.7 Å². The average Bonchev–Trinajstić information content (AvgIpc) is 3.51. The van der Waals surface area contributed by atoms with Gasteiger partial charge in [0.15, 0.2) is 6.23 Å². The second-order valence-electron chi connectivity index (χ2n) is 9.50. The molecule has 3 fully saturated rings. The normalized spacial score (nSPS) is 22.1. The number of imide groups is 1. The highest BCUT2D eigenvalue weighted by Gasteiger charge is 2.37. The number of anilines is 1. The number of nitrogens with one attached hydrogen (secondary N) is 1. The van der Waals surface area contributed by atoms with Crippen LogP contribution in [-0.4, -0.2) is 87.8 Å². The van der Waals surface area contributed by atoms with Gasteiger partial charge in [0.25, 0.3) is 0 Å². The third kappa shape index (κ3) is 7.95. The molecular formula is C24H31ClFN3O10S. The van der Waals surface area contributed by atoms with Gasteiger partial charge in [-0.15, -0.1) is 12.4 Å². The summed E-state index contributed by atoms with van der Waals surface area (Å²) in [6, 6.07) is 4.25. The number of benzene rings is 1. The van der Waals surface area contributed by atoms with Crippen molar-refractivity contribution in [1.82, 2.24) is 10.2 Å². The first-order valence-electron chi connectivity index (χ1n) is 12.5. The van der Waals surface area contributed by atoms with E-state index in [-0.39, 0.29) is 48.6 Å². The van der Waals surface area contributed by atoms with Crippen molar-refractivity contribution in [2.75, 3.05) is 42.8 Å². The lowest BCUT2D eigenvalue weighted by Crippen LogP contribution is -2.42. The predicted molar refractivity (Wildman–Crippen MR) is 139 cm³/mol. The van der Waals surface area contributed by atoms with E-state index >= 15 is 0 Å². The van der Waals surface area contributed by atoms with Crippen LogP contribution >= 0.6 is 12.4 Å². The second-order valence-corrected chi connectivity index (χ2v) is 11.8. The van der Waals surface area contributed by atoms with Crippen molar-refractivity contribution in [2.24, 2.45) is 0 Å². The number of sulfone groups is 1. The Morgan fingerprint density at radius 2 is 1.90 bits per heavy atom. The van der Waals surface area contributed by atoms with Crippen molar-refractivity contribution in [2.45, 2.75) is 50.9 Å². The van der Waals surface area contributed by atoms with Crippen molar-refractivity contribution in [3.63, 3.8) is 0 Å². The fourth-order valence-corrected chi connectivity index (χ4v) is 6.18. The Morgan fingerprint density at radius 3 is 2.52 bits per heavy atom. The molecule has 3 aliphatic rings. The predicted octanol–water partition coefficient (Wildman–Crippen LogP) is 2.67. The molecule has 1 N–H and O–H groups in total. The SMILES string of the molecule is CC(=O)N(C[C@H]1CN(c2ccc(C3CCS(=O)(=O)CC3)c(F)c2)C(=O)O1)C(=O)OCOC(=O)O[C@H]1CCCN1.Cl. The summed E-state index contributed by atoms with van der Waals surface area (Å²) in [6.45, 7) is 0.612. The topological polar surface area (TPSA) is 158 Å². The fraction of sp³-hybridized carbons (Fsp3) is 0.583. The zero-order valence-electron chi connectivity index (χ0n) is 21.7. The van der Waals surface area contributed by atoms with E-state index in [0.717, 1.165) is 13.3 Å². The summed E-state index contributed by atoms with van der Waals surface area (Å²) >= 11 is 0. The molecule has 4 rings (SSSR count). The first kappa shape index (κ1) is 31.4. The minimum Gasteiger partial charge on any atom is -0.442 e. The number of hydrogen-bond donors (Lipinski definition) is 1. The third-order valence-corrected chi connectivity index (χ3v) is 8.48. The van der Waals surface area contributed by atoms with Crippen LogP contribution in [0.4, 0.5) is 24.5 Å². The van der Waals surface area contributed by atoms with Crippen LogP contribution in [0.25, 0.3) is 0 Å². The molecule has 3 amide bonds. The van der Waals surface area contributed by atoms with Gasteiger partial charge in [0.1, 0.15) is 21.8 Å². The zero-order chi connectivity index (χ0) is 28.2. The van der Waals surface area contributed by atoms with E-state index in [1.807, 2.05) is 0 Å². The fourth-order valence-electron chi connectivity index (χ4n) is 4.69. The Hall–Kier alpha value is -3.17. The summed E-state index contributed by atoms with van der Waals surface area (Å²) in [5.74, 6) is -1.49. The number of carbonyl (C=O) groups excluding carboxylic acids is 4. The molecule has 0 spiro atoms. The summed E-state index contributed by atoms with van der Waals surface area (Å²) in [4.78, 5) is 50.5. The molecular weight excluding hydrogens is 577 g/mol. The summed E-state index contributed by atoms with van der Waals surface area (Å²) in [5.41, 5.74) is 0.599. The number of carbonyl (C=O) groups is 4. The highest BCUT2D eigenvalue weighted by Crippen LogP contribution is 2.33. The van der Waals surface area contributed by atoms with Crippen LogP contribution in [0, 0.1) is 5.82 Å². The van der Waals surface area contributed by atoms with E-state index in [4.69, 9.17) is 18.9 Å². The molecule has 3 aliphatic heterocycles. The van der Waals surface area contributed by atoms with Gasteiger partial charge in [-0.25, -0.2) is 32.1 Å². The molecule has 16 heteroatoms.